The minimum Gasteiger partial charge on any atom is -0.352 e. The van der Waals surface area contributed by atoms with E-state index in [1.54, 1.807) is 19.3 Å². The maximum atomic E-state index is 12.7. The highest BCUT2D eigenvalue weighted by atomic mass is 32.2. The zero-order chi connectivity index (χ0) is 18.6. The van der Waals surface area contributed by atoms with Crippen molar-refractivity contribution in [2.75, 3.05) is 12.3 Å². The number of hydrogen-bond acceptors (Lipinski definition) is 5. The van der Waals surface area contributed by atoms with Crippen LogP contribution in [0.25, 0.3) is 11.0 Å². The monoisotopic (exact) mass is 362 g/mol. The largest absolute Gasteiger partial charge is 0.352 e. The normalized spacial score (nSPS) is 10.8. The molecule has 0 radical (unpaired) electrons. The lowest BCUT2D eigenvalue weighted by Gasteiger charge is -2.14. The molecule has 0 aromatic carbocycles. The van der Waals surface area contributed by atoms with Gasteiger partial charge in [0.1, 0.15) is 5.65 Å². The molecule has 0 aliphatic carbocycles. The van der Waals surface area contributed by atoms with Crippen LogP contribution in [0.15, 0.2) is 33.3 Å². The van der Waals surface area contributed by atoms with Crippen LogP contribution < -0.4 is 16.6 Å². The molecule has 1 N–H and O–H groups in total. The molecule has 134 valence electrons. The minimum atomic E-state index is -0.423. The predicted molar refractivity (Wildman–Crippen MR) is 100 cm³/mol. The number of amides is 1. The van der Waals surface area contributed by atoms with Crippen molar-refractivity contribution >= 4 is 28.7 Å². The summed E-state index contributed by atoms with van der Waals surface area (Å²) in [4.78, 5) is 41.8. The van der Waals surface area contributed by atoms with Crippen LogP contribution in [0.5, 0.6) is 0 Å². The van der Waals surface area contributed by atoms with Crippen molar-refractivity contribution in [1.29, 1.82) is 0 Å². The molecule has 2 aromatic rings. The van der Waals surface area contributed by atoms with Crippen molar-refractivity contribution in [1.82, 2.24) is 19.4 Å². The molecule has 0 unspecified atom stereocenters. The number of nitrogens with one attached hydrogen (secondary N) is 1. The third-order valence-electron chi connectivity index (χ3n) is 3.81. The molecule has 8 heteroatoms. The van der Waals surface area contributed by atoms with Gasteiger partial charge in [0.05, 0.1) is 11.1 Å². The Kier molecular flexibility index (Phi) is 6.19. The molecular weight excluding hydrogens is 340 g/mol. The molecule has 2 rings (SSSR count). The fraction of sp³-hybridized carbons (Fsp3) is 0.412. The molecular formula is C17H22N4O3S. The maximum Gasteiger partial charge on any atom is 0.332 e. The smallest absolute Gasteiger partial charge is 0.332 e. The molecule has 0 saturated carbocycles. The Morgan fingerprint density at radius 2 is 2.08 bits per heavy atom. The number of pyridine rings is 1. The molecule has 25 heavy (non-hydrogen) atoms. The molecule has 0 bridgehead atoms. The molecule has 0 aliphatic heterocycles. The van der Waals surface area contributed by atoms with E-state index in [1.807, 2.05) is 6.92 Å². The third-order valence-corrected chi connectivity index (χ3v) is 4.97. The van der Waals surface area contributed by atoms with Gasteiger partial charge < -0.3 is 5.32 Å². The summed E-state index contributed by atoms with van der Waals surface area (Å²) in [6, 6.07) is 0. The summed E-state index contributed by atoms with van der Waals surface area (Å²) in [6.07, 6.45) is 4.92. The van der Waals surface area contributed by atoms with E-state index in [4.69, 9.17) is 0 Å². The van der Waals surface area contributed by atoms with Crippen molar-refractivity contribution in [3.63, 3.8) is 0 Å². The van der Waals surface area contributed by atoms with Crippen LogP contribution in [0.3, 0.4) is 0 Å². The molecule has 0 aliphatic rings. The first-order valence-electron chi connectivity index (χ1n) is 8.00. The Morgan fingerprint density at radius 3 is 2.72 bits per heavy atom. The van der Waals surface area contributed by atoms with Crippen LogP contribution in [0, 0.1) is 0 Å². The third kappa shape index (κ3) is 3.84. The van der Waals surface area contributed by atoms with E-state index in [1.165, 1.54) is 23.4 Å². The highest BCUT2D eigenvalue weighted by Crippen LogP contribution is 2.28. The molecule has 2 heterocycles. The Balaban J connectivity index is 2.59. The minimum absolute atomic E-state index is 0.140. The molecule has 0 spiro atoms. The summed E-state index contributed by atoms with van der Waals surface area (Å²) in [6.45, 7) is 6.00. The van der Waals surface area contributed by atoms with E-state index >= 15 is 0 Å². The van der Waals surface area contributed by atoms with Crippen molar-refractivity contribution in [3.05, 3.63) is 45.3 Å². The van der Waals surface area contributed by atoms with E-state index in [2.05, 4.69) is 16.9 Å². The lowest BCUT2D eigenvalue weighted by molar-refractivity contribution is -0.118. The summed E-state index contributed by atoms with van der Waals surface area (Å²) >= 11 is 1.30. The number of carbonyl (C=O) groups excluding carboxylic acids is 1. The number of aromatic nitrogens is 3. The first kappa shape index (κ1) is 19.0. The Bertz CT molecular complexity index is 930. The van der Waals surface area contributed by atoms with Crippen LogP contribution in [-0.2, 0) is 25.3 Å². The second-order valence-corrected chi connectivity index (χ2v) is 6.63. The van der Waals surface area contributed by atoms with Gasteiger partial charge in [-0.15, -0.1) is 18.3 Å². The van der Waals surface area contributed by atoms with E-state index in [0.717, 1.165) is 27.9 Å². The zero-order valence-corrected chi connectivity index (χ0v) is 15.5. The van der Waals surface area contributed by atoms with Gasteiger partial charge in [-0.1, -0.05) is 19.4 Å². The molecule has 0 fully saturated rings. The summed E-state index contributed by atoms with van der Waals surface area (Å²) in [5.41, 5.74) is 0.430. The van der Waals surface area contributed by atoms with Crippen LogP contribution in [-0.4, -0.2) is 32.3 Å². The SMILES string of the molecule is C=CCNC(=O)CSc1c(CCC)cnc2c1c(=O)n(C)c(=O)n2C. The van der Waals surface area contributed by atoms with Gasteiger partial charge in [0.15, 0.2) is 0 Å². The van der Waals surface area contributed by atoms with E-state index in [9.17, 15) is 14.4 Å². The number of carbonyl (C=O) groups is 1. The topological polar surface area (TPSA) is 86.0 Å². The second-order valence-electron chi connectivity index (χ2n) is 5.65. The average molecular weight is 362 g/mol. The molecule has 7 nitrogen and oxygen atoms in total. The van der Waals surface area contributed by atoms with E-state index in [0.29, 0.717) is 17.6 Å². The average Bonchev–Trinajstić information content (AvgIpc) is 2.61. The Labute approximate surface area is 149 Å². The van der Waals surface area contributed by atoms with E-state index < -0.39 is 11.2 Å². The molecule has 0 atom stereocenters. The summed E-state index contributed by atoms with van der Waals surface area (Å²) in [5, 5.41) is 3.10. The number of nitrogens with zero attached hydrogens (tertiary/aromatic N) is 3. The van der Waals surface area contributed by atoms with Gasteiger partial charge in [-0.25, -0.2) is 9.78 Å². The van der Waals surface area contributed by atoms with Gasteiger partial charge in [-0.3, -0.25) is 18.7 Å². The van der Waals surface area contributed by atoms with Crippen molar-refractivity contribution in [2.24, 2.45) is 14.1 Å². The van der Waals surface area contributed by atoms with Gasteiger partial charge in [0.2, 0.25) is 5.91 Å². The molecule has 2 aromatic heterocycles. The van der Waals surface area contributed by atoms with Crippen LogP contribution in [0.1, 0.15) is 18.9 Å². The van der Waals surface area contributed by atoms with Crippen LogP contribution in [0.2, 0.25) is 0 Å². The van der Waals surface area contributed by atoms with Crippen LogP contribution in [0.4, 0.5) is 0 Å². The molecule has 1 amide bonds. The fourth-order valence-electron chi connectivity index (χ4n) is 2.53. The van der Waals surface area contributed by atoms with E-state index in [-0.39, 0.29) is 11.7 Å². The number of aryl methyl sites for hydroxylation is 2. The van der Waals surface area contributed by atoms with Gasteiger partial charge in [-0.05, 0) is 12.0 Å². The summed E-state index contributed by atoms with van der Waals surface area (Å²) < 4.78 is 2.43. The Hall–Kier alpha value is -2.35. The van der Waals surface area contributed by atoms with Crippen molar-refractivity contribution in [2.45, 2.75) is 24.7 Å². The first-order valence-corrected chi connectivity index (χ1v) is 8.98. The lowest BCUT2D eigenvalue weighted by atomic mass is 10.1. The zero-order valence-electron chi connectivity index (χ0n) is 14.7. The highest BCUT2D eigenvalue weighted by Gasteiger charge is 2.18. The van der Waals surface area contributed by atoms with Crippen molar-refractivity contribution in [3.8, 4) is 0 Å². The highest BCUT2D eigenvalue weighted by molar-refractivity contribution is 8.00. The standard InChI is InChI=1S/C17H22N4O3S/c1-5-7-11-9-19-15-13(16(23)21(4)17(24)20(15)3)14(11)25-10-12(22)18-8-6-2/h6,9H,2,5,7-8,10H2,1,3-4H3,(H,18,22). The number of fused-ring (bicyclic) bond motifs is 1. The molecule has 0 saturated heterocycles. The fourth-order valence-corrected chi connectivity index (χ4v) is 3.57. The van der Waals surface area contributed by atoms with Gasteiger partial charge >= 0.3 is 5.69 Å². The lowest BCUT2D eigenvalue weighted by Crippen LogP contribution is -2.37. The summed E-state index contributed by atoms with van der Waals surface area (Å²) in [5.74, 6) is 0.0364. The van der Waals surface area contributed by atoms with Gasteiger partial charge in [0, 0.05) is 31.7 Å². The van der Waals surface area contributed by atoms with Crippen LogP contribution >= 0.6 is 11.8 Å². The second kappa shape index (κ2) is 8.15. The predicted octanol–water partition coefficient (Wildman–Crippen LogP) is 0.979. The van der Waals surface area contributed by atoms with Gasteiger partial charge in [-0.2, -0.15) is 0 Å². The summed E-state index contributed by atoms with van der Waals surface area (Å²) in [7, 11) is 3.03. The van der Waals surface area contributed by atoms with Crippen molar-refractivity contribution < 1.29 is 4.79 Å². The maximum absolute atomic E-state index is 12.7. The number of hydrogen-bond donors (Lipinski definition) is 1. The Morgan fingerprint density at radius 1 is 1.36 bits per heavy atom. The first-order chi connectivity index (χ1) is 11.9. The van der Waals surface area contributed by atoms with Gasteiger partial charge in [0.25, 0.3) is 5.56 Å². The number of rotatable bonds is 7. The number of thioether (sulfide) groups is 1. The quantitative estimate of drug-likeness (QED) is 0.586.